The Morgan fingerprint density at radius 3 is 2.41 bits per heavy atom. The Bertz CT molecular complexity index is 992. The first-order chi connectivity index (χ1) is 15.3. The molecule has 3 saturated carbocycles. The van der Waals surface area contributed by atoms with Gasteiger partial charge in [-0.15, -0.1) is 0 Å². The van der Waals surface area contributed by atoms with Crippen LogP contribution in [0.5, 0.6) is 5.75 Å². The Balaban J connectivity index is 1.11. The van der Waals surface area contributed by atoms with E-state index in [0.29, 0.717) is 35.2 Å². The normalized spacial score (nSPS) is 23.1. The van der Waals surface area contributed by atoms with E-state index in [9.17, 15) is 14.0 Å². The van der Waals surface area contributed by atoms with Gasteiger partial charge in [0.2, 0.25) is 0 Å². The number of ketones is 1. The lowest BCUT2D eigenvalue weighted by molar-refractivity contribution is -0.174. The molecule has 32 heavy (non-hydrogen) atoms. The third-order valence-electron chi connectivity index (χ3n) is 6.09. The minimum absolute atomic E-state index is 0.00472. The van der Waals surface area contributed by atoms with Crippen molar-refractivity contribution in [2.45, 2.75) is 37.6 Å². The second-order valence-corrected chi connectivity index (χ2v) is 9.68. The SMILES string of the molecule is O=C(COCCc1ccc(F)cc1)CC12CC(NC(=O)COc3ccc(Cl)c(Cl)c3)(C1)C2. The molecule has 0 radical (unpaired) electrons. The second-order valence-electron chi connectivity index (χ2n) is 8.87. The Kier molecular flexibility index (Phi) is 6.75. The standard InChI is InChI=1S/C24H24Cl2FNO4/c25-20-6-5-19(9-21(20)26)32-12-22(30)28-24-13-23(14-24,15-24)10-18(29)11-31-8-7-16-1-3-17(27)4-2-16/h1-6,9H,7-8,10-15H2,(H,28,30). The first-order valence-corrected chi connectivity index (χ1v) is 11.2. The lowest BCUT2D eigenvalue weighted by atomic mass is 9.38. The number of hydrogen-bond donors (Lipinski definition) is 1. The monoisotopic (exact) mass is 479 g/mol. The van der Waals surface area contributed by atoms with Crippen molar-refractivity contribution >= 4 is 34.9 Å². The van der Waals surface area contributed by atoms with Gasteiger partial charge in [0, 0.05) is 18.0 Å². The van der Waals surface area contributed by atoms with Crippen molar-refractivity contribution in [2.24, 2.45) is 5.41 Å². The quantitative estimate of drug-likeness (QED) is 0.471. The summed E-state index contributed by atoms with van der Waals surface area (Å²) >= 11 is 11.8. The molecule has 0 saturated heterocycles. The zero-order valence-electron chi connectivity index (χ0n) is 17.5. The number of benzene rings is 2. The van der Waals surface area contributed by atoms with E-state index in [4.69, 9.17) is 32.7 Å². The molecule has 0 spiro atoms. The number of Topliss-reactive ketones (excluding diaryl/α,β-unsaturated/α-hetero) is 1. The van der Waals surface area contributed by atoms with Crippen molar-refractivity contribution < 1.29 is 23.5 Å². The highest BCUT2D eigenvalue weighted by Crippen LogP contribution is 2.68. The Morgan fingerprint density at radius 2 is 1.72 bits per heavy atom. The summed E-state index contributed by atoms with van der Waals surface area (Å²) < 4.78 is 23.9. The highest BCUT2D eigenvalue weighted by Gasteiger charge is 2.68. The average Bonchev–Trinajstić information content (AvgIpc) is 2.71. The van der Waals surface area contributed by atoms with Crippen LogP contribution in [-0.4, -0.2) is 37.0 Å². The number of carbonyl (C=O) groups is 2. The maximum absolute atomic E-state index is 12.9. The summed E-state index contributed by atoms with van der Waals surface area (Å²) in [6.45, 7) is 0.399. The molecule has 8 heteroatoms. The fourth-order valence-electron chi connectivity index (χ4n) is 4.86. The Morgan fingerprint density at radius 1 is 1.00 bits per heavy atom. The van der Waals surface area contributed by atoms with Crippen molar-refractivity contribution in [3.05, 3.63) is 63.9 Å². The van der Waals surface area contributed by atoms with Gasteiger partial charge in [-0.05, 0) is 60.9 Å². The largest absolute Gasteiger partial charge is 0.484 e. The topological polar surface area (TPSA) is 64.6 Å². The van der Waals surface area contributed by atoms with Crippen molar-refractivity contribution in [1.29, 1.82) is 0 Å². The van der Waals surface area contributed by atoms with Gasteiger partial charge >= 0.3 is 0 Å². The predicted octanol–water partition coefficient (Wildman–Crippen LogP) is 4.77. The van der Waals surface area contributed by atoms with Gasteiger partial charge in [-0.2, -0.15) is 0 Å². The molecule has 5 nitrogen and oxygen atoms in total. The van der Waals surface area contributed by atoms with Crippen LogP contribution in [0.15, 0.2) is 42.5 Å². The molecule has 0 heterocycles. The van der Waals surface area contributed by atoms with Crippen LogP contribution < -0.4 is 10.1 Å². The first-order valence-electron chi connectivity index (χ1n) is 10.5. The van der Waals surface area contributed by atoms with Crippen LogP contribution in [0, 0.1) is 11.2 Å². The Hall–Kier alpha value is -2.15. The number of amides is 1. The van der Waals surface area contributed by atoms with Crippen LogP contribution >= 0.6 is 23.2 Å². The van der Waals surface area contributed by atoms with Gasteiger partial charge in [0.05, 0.1) is 16.7 Å². The van der Waals surface area contributed by atoms with Crippen molar-refractivity contribution in [2.75, 3.05) is 19.8 Å². The number of rotatable bonds is 11. The predicted molar refractivity (Wildman–Crippen MR) is 120 cm³/mol. The zero-order chi connectivity index (χ0) is 22.8. The highest BCUT2D eigenvalue weighted by molar-refractivity contribution is 6.42. The van der Waals surface area contributed by atoms with Crippen LogP contribution in [0.2, 0.25) is 10.0 Å². The summed E-state index contributed by atoms with van der Waals surface area (Å²) in [6.07, 6.45) is 3.53. The summed E-state index contributed by atoms with van der Waals surface area (Å²) in [6, 6.07) is 11.1. The van der Waals surface area contributed by atoms with Crippen molar-refractivity contribution in [1.82, 2.24) is 5.32 Å². The molecular weight excluding hydrogens is 456 g/mol. The Labute approximate surface area is 196 Å². The lowest BCUT2D eigenvalue weighted by Gasteiger charge is -2.70. The van der Waals surface area contributed by atoms with Gasteiger partial charge in [-0.3, -0.25) is 9.59 Å². The summed E-state index contributed by atoms with van der Waals surface area (Å²) in [5.74, 6) is 0.0940. The molecule has 0 unspecified atom stereocenters. The molecule has 3 aliphatic rings. The van der Waals surface area contributed by atoms with E-state index in [2.05, 4.69) is 5.32 Å². The van der Waals surface area contributed by atoms with Crippen LogP contribution in [0.1, 0.15) is 31.2 Å². The molecule has 0 aromatic heterocycles. The molecule has 0 aliphatic heterocycles. The van der Waals surface area contributed by atoms with E-state index in [-0.39, 0.29) is 41.7 Å². The minimum atomic E-state index is -0.267. The summed E-state index contributed by atoms with van der Waals surface area (Å²) in [5, 5.41) is 3.83. The van der Waals surface area contributed by atoms with Crippen molar-refractivity contribution in [3.63, 3.8) is 0 Å². The van der Waals surface area contributed by atoms with E-state index >= 15 is 0 Å². The fraction of sp³-hybridized carbons (Fsp3) is 0.417. The van der Waals surface area contributed by atoms with Crippen LogP contribution in [0.3, 0.4) is 0 Å². The van der Waals surface area contributed by atoms with Crippen LogP contribution in [0.25, 0.3) is 0 Å². The van der Waals surface area contributed by atoms with Gasteiger partial charge in [-0.1, -0.05) is 35.3 Å². The number of halogens is 3. The minimum Gasteiger partial charge on any atom is -0.484 e. The third-order valence-corrected chi connectivity index (χ3v) is 6.83. The molecule has 1 amide bonds. The summed E-state index contributed by atoms with van der Waals surface area (Å²) in [4.78, 5) is 24.5. The van der Waals surface area contributed by atoms with Gasteiger partial charge in [0.1, 0.15) is 18.2 Å². The molecule has 2 aromatic rings. The maximum Gasteiger partial charge on any atom is 0.258 e. The molecule has 3 fully saturated rings. The molecule has 5 rings (SSSR count). The second kappa shape index (κ2) is 9.38. The maximum atomic E-state index is 12.9. The molecule has 170 valence electrons. The number of carbonyl (C=O) groups excluding carboxylic acids is 2. The van der Waals surface area contributed by atoms with Crippen molar-refractivity contribution in [3.8, 4) is 5.75 Å². The molecule has 2 aromatic carbocycles. The zero-order valence-corrected chi connectivity index (χ0v) is 19.0. The van der Waals surface area contributed by atoms with Gasteiger partial charge in [0.15, 0.2) is 12.4 Å². The van der Waals surface area contributed by atoms with Gasteiger partial charge in [0.25, 0.3) is 5.91 Å². The fourth-order valence-corrected chi connectivity index (χ4v) is 5.15. The third kappa shape index (κ3) is 5.42. The molecule has 1 N–H and O–H groups in total. The smallest absolute Gasteiger partial charge is 0.258 e. The molecule has 2 bridgehead atoms. The number of ether oxygens (including phenoxy) is 2. The summed E-state index contributed by atoms with van der Waals surface area (Å²) in [5.41, 5.74) is 0.760. The lowest BCUT2D eigenvalue weighted by Crippen LogP contribution is -2.75. The van der Waals surface area contributed by atoms with E-state index in [0.717, 1.165) is 24.8 Å². The van der Waals surface area contributed by atoms with E-state index in [1.54, 1.807) is 30.3 Å². The van der Waals surface area contributed by atoms with Gasteiger partial charge in [-0.25, -0.2) is 4.39 Å². The number of nitrogens with one attached hydrogen (secondary N) is 1. The highest BCUT2D eigenvalue weighted by atomic mass is 35.5. The average molecular weight is 480 g/mol. The van der Waals surface area contributed by atoms with Crippen LogP contribution in [-0.2, 0) is 20.7 Å². The van der Waals surface area contributed by atoms with Crippen LogP contribution in [0.4, 0.5) is 4.39 Å². The van der Waals surface area contributed by atoms with E-state index in [1.165, 1.54) is 12.1 Å². The van der Waals surface area contributed by atoms with E-state index < -0.39 is 0 Å². The molecular formula is C24H24Cl2FNO4. The van der Waals surface area contributed by atoms with Gasteiger partial charge < -0.3 is 14.8 Å². The first kappa shape index (κ1) is 23.0. The number of hydrogen-bond acceptors (Lipinski definition) is 4. The molecule has 3 aliphatic carbocycles. The summed E-state index contributed by atoms with van der Waals surface area (Å²) in [7, 11) is 0. The van der Waals surface area contributed by atoms with E-state index in [1.807, 2.05) is 0 Å². The molecule has 0 atom stereocenters.